The summed E-state index contributed by atoms with van der Waals surface area (Å²) in [5, 5.41) is 2.58. The van der Waals surface area contributed by atoms with Crippen molar-refractivity contribution in [2.45, 2.75) is 6.92 Å². The van der Waals surface area contributed by atoms with Crippen LogP contribution in [0.4, 0.5) is 5.69 Å². The zero-order valence-electron chi connectivity index (χ0n) is 10.2. The average Bonchev–Trinajstić information content (AvgIpc) is 2.26. The third-order valence-electron chi connectivity index (χ3n) is 2.18. The fourth-order valence-electron chi connectivity index (χ4n) is 1.42. The van der Waals surface area contributed by atoms with Crippen molar-refractivity contribution in [2.24, 2.45) is 0 Å². The summed E-state index contributed by atoms with van der Waals surface area (Å²) in [5.41, 5.74) is 0.450. The number of benzene rings is 1. The fraction of sp³-hybridized carbons (Fsp3) is 0.364. The molecule has 0 spiro atoms. The van der Waals surface area contributed by atoms with Crippen molar-refractivity contribution in [1.82, 2.24) is 5.32 Å². The first-order chi connectivity index (χ1) is 8.36. The summed E-state index contributed by atoms with van der Waals surface area (Å²) in [7, 11) is -3.51. The van der Waals surface area contributed by atoms with E-state index in [0.717, 1.165) is 10.6 Å². The third-order valence-corrected chi connectivity index (χ3v) is 3.98. The lowest BCUT2D eigenvalue weighted by Gasteiger charge is -2.22. The number of rotatable bonds is 5. The van der Waals surface area contributed by atoms with Crippen LogP contribution in [-0.4, -0.2) is 33.7 Å². The Kier molecular flexibility index (Phi) is 5.15. The lowest BCUT2D eigenvalue weighted by Crippen LogP contribution is -2.40. The largest absolute Gasteiger partial charge is 0.355 e. The fourth-order valence-corrected chi connectivity index (χ4v) is 2.90. The van der Waals surface area contributed by atoms with Gasteiger partial charge in [-0.3, -0.25) is 9.10 Å². The molecule has 5 nitrogen and oxygen atoms in total. The number of hydrogen-bond donors (Lipinski definition) is 1. The molecule has 1 aromatic carbocycles. The van der Waals surface area contributed by atoms with E-state index in [4.69, 9.17) is 0 Å². The molecule has 100 valence electrons. The van der Waals surface area contributed by atoms with E-state index in [1.165, 1.54) is 0 Å². The number of sulfonamides is 1. The van der Waals surface area contributed by atoms with E-state index in [2.05, 4.69) is 21.2 Å². The number of nitrogens with one attached hydrogen (secondary N) is 1. The van der Waals surface area contributed by atoms with Crippen LogP contribution in [0.2, 0.25) is 0 Å². The normalized spacial score (nSPS) is 11.1. The second kappa shape index (κ2) is 6.19. The third kappa shape index (κ3) is 3.99. The smallest absolute Gasteiger partial charge is 0.240 e. The van der Waals surface area contributed by atoms with E-state index in [1.54, 1.807) is 31.2 Å². The molecule has 18 heavy (non-hydrogen) atoms. The molecule has 0 unspecified atom stereocenters. The van der Waals surface area contributed by atoms with Crippen LogP contribution in [0.15, 0.2) is 28.7 Å². The van der Waals surface area contributed by atoms with Crippen LogP contribution < -0.4 is 9.62 Å². The average molecular weight is 335 g/mol. The Hall–Kier alpha value is -1.08. The van der Waals surface area contributed by atoms with Crippen molar-refractivity contribution < 1.29 is 13.2 Å². The van der Waals surface area contributed by atoms with Crippen LogP contribution in [0.25, 0.3) is 0 Å². The van der Waals surface area contributed by atoms with Crippen molar-refractivity contribution in [3.05, 3.63) is 28.7 Å². The molecule has 0 atom stereocenters. The highest BCUT2D eigenvalue weighted by Crippen LogP contribution is 2.27. The highest BCUT2D eigenvalue weighted by atomic mass is 79.9. The Morgan fingerprint density at radius 3 is 2.50 bits per heavy atom. The molecule has 0 saturated heterocycles. The second-order valence-corrected chi connectivity index (χ2v) is 6.44. The van der Waals surface area contributed by atoms with Gasteiger partial charge in [-0.1, -0.05) is 12.1 Å². The molecule has 1 N–H and O–H groups in total. The van der Waals surface area contributed by atoms with Crippen LogP contribution in [0.1, 0.15) is 6.92 Å². The SMILES string of the molecule is CCNC(=O)CN(c1ccccc1Br)S(C)(=O)=O. The zero-order valence-corrected chi connectivity index (χ0v) is 12.6. The molecule has 0 saturated carbocycles. The number of likely N-dealkylation sites (N-methyl/N-ethyl adjacent to an activating group) is 1. The minimum Gasteiger partial charge on any atom is -0.355 e. The summed E-state index contributed by atoms with van der Waals surface area (Å²) in [5.74, 6) is -0.335. The van der Waals surface area contributed by atoms with Gasteiger partial charge < -0.3 is 5.32 Å². The summed E-state index contributed by atoms with van der Waals surface area (Å²) in [6, 6.07) is 6.87. The molecule has 0 aromatic heterocycles. The molecule has 0 heterocycles. The summed E-state index contributed by atoms with van der Waals surface area (Å²) < 4.78 is 25.2. The van der Waals surface area contributed by atoms with Crippen molar-refractivity contribution in [2.75, 3.05) is 23.7 Å². The van der Waals surface area contributed by atoms with E-state index >= 15 is 0 Å². The van der Waals surface area contributed by atoms with Gasteiger partial charge in [0.1, 0.15) is 6.54 Å². The molecule has 0 fully saturated rings. The van der Waals surface area contributed by atoms with Crippen molar-refractivity contribution >= 4 is 37.5 Å². The predicted molar refractivity (Wildman–Crippen MR) is 75.0 cm³/mol. The lowest BCUT2D eigenvalue weighted by atomic mass is 10.3. The van der Waals surface area contributed by atoms with Crippen LogP contribution in [0.3, 0.4) is 0 Å². The molecule has 1 aromatic rings. The maximum atomic E-state index is 11.7. The first-order valence-corrected chi connectivity index (χ1v) is 7.99. The molecule has 1 rings (SSSR count). The summed E-state index contributed by atoms with van der Waals surface area (Å²) >= 11 is 3.28. The standard InChI is InChI=1S/C11H15BrN2O3S/c1-3-13-11(15)8-14(18(2,16)17)10-7-5-4-6-9(10)12/h4-7H,3,8H2,1-2H3,(H,13,15). The Morgan fingerprint density at radius 1 is 1.39 bits per heavy atom. The number of amides is 1. The van der Waals surface area contributed by atoms with Gasteiger partial charge in [0.15, 0.2) is 0 Å². The molecule has 0 radical (unpaired) electrons. The Labute approximate surface area is 115 Å². The molecule has 0 bridgehead atoms. The van der Waals surface area contributed by atoms with Crippen molar-refractivity contribution in [3.8, 4) is 0 Å². The van der Waals surface area contributed by atoms with Gasteiger partial charge in [-0.15, -0.1) is 0 Å². The van der Waals surface area contributed by atoms with Crippen LogP contribution in [0.5, 0.6) is 0 Å². The minimum absolute atomic E-state index is 0.227. The summed E-state index contributed by atoms with van der Waals surface area (Å²) in [6.45, 7) is 2.02. The number of para-hydroxylation sites is 1. The number of halogens is 1. The van der Waals surface area contributed by atoms with Gasteiger partial charge in [-0.2, -0.15) is 0 Å². The molecule has 0 aliphatic rings. The van der Waals surface area contributed by atoms with Gasteiger partial charge >= 0.3 is 0 Å². The van der Waals surface area contributed by atoms with E-state index in [9.17, 15) is 13.2 Å². The topological polar surface area (TPSA) is 66.5 Å². The number of hydrogen-bond acceptors (Lipinski definition) is 3. The van der Waals surface area contributed by atoms with Gasteiger partial charge in [0.05, 0.1) is 11.9 Å². The van der Waals surface area contributed by atoms with Crippen LogP contribution in [0, 0.1) is 0 Å². The number of carbonyl (C=O) groups is 1. The van der Waals surface area contributed by atoms with Gasteiger partial charge in [-0.05, 0) is 35.0 Å². The number of nitrogens with zero attached hydrogens (tertiary/aromatic N) is 1. The van der Waals surface area contributed by atoms with Gasteiger partial charge in [-0.25, -0.2) is 8.42 Å². The summed E-state index contributed by atoms with van der Waals surface area (Å²) in [4.78, 5) is 11.6. The Bertz CT molecular complexity index is 531. The second-order valence-electron chi connectivity index (χ2n) is 3.67. The lowest BCUT2D eigenvalue weighted by molar-refractivity contribution is -0.119. The molecular weight excluding hydrogens is 320 g/mol. The molecule has 0 aliphatic heterocycles. The first kappa shape index (κ1) is 15.0. The Morgan fingerprint density at radius 2 is 2.00 bits per heavy atom. The van der Waals surface area contributed by atoms with Gasteiger partial charge in [0.2, 0.25) is 15.9 Å². The molecular formula is C11H15BrN2O3S. The van der Waals surface area contributed by atoms with E-state index in [1.807, 2.05) is 0 Å². The van der Waals surface area contributed by atoms with E-state index in [-0.39, 0.29) is 12.5 Å². The highest BCUT2D eigenvalue weighted by molar-refractivity contribution is 9.10. The number of carbonyl (C=O) groups excluding carboxylic acids is 1. The molecule has 7 heteroatoms. The van der Waals surface area contributed by atoms with Gasteiger partial charge in [0.25, 0.3) is 0 Å². The number of anilines is 1. The Balaban J connectivity index is 3.08. The maximum absolute atomic E-state index is 11.7. The van der Waals surface area contributed by atoms with Crippen LogP contribution >= 0.6 is 15.9 Å². The maximum Gasteiger partial charge on any atom is 0.240 e. The van der Waals surface area contributed by atoms with Crippen molar-refractivity contribution in [1.29, 1.82) is 0 Å². The highest BCUT2D eigenvalue weighted by Gasteiger charge is 2.22. The predicted octanol–water partition coefficient (Wildman–Crippen LogP) is 1.35. The minimum atomic E-state index is -3.51. The van der Waals surface area contributed by atoms with Crippen molar-refractivity contribution in [3.63, 3.8) is 0 Å². The quantitative estimate of drug-likeness (QED) is 0.883. The van der Waals surface area contributed by atoms with E-state index < -0.39 is 10.0 Å². The van der Waals surface area contributed by atoms with Crippen LogP contribution in [-0.2, 0) is 14.8 Å². The monoisotopic (exact) mass is 334 g/mol. The molecule has 1 amide bonds. The first-order valence-electron chi connectivity index (χ1n) is 5.35. The van der Waals surface area contributed by atoms with Gasteiger partial charge in [0, 0.05) is 11.0 Å². The molecule has 0 aliphatic carbocycles. The summed E-state index contributed by atoms with van der Waals surface area (Å²) in [6.07, 6.45) is 1.08. The van der Waals surface area contributed by atoms with E-state index in [0.29, 0.717) is 16.7 Å². The zero-order chi connectivity index (χ0) is 13.8.